The third-order valence-electron chi connectivity index (χ3n) is 4.49. The van der Waals surface area contributed by atoms with Crippen LogP contribution in [0.1, 0.15) is 32.2 Å². The molecule has 0 aliphatic heterocycles. The Morgan fingerprint density at radius 3 is 2.52 bits per heavy atom. The molecule has 4 rings (SSSR count). The van der Waals surface area contributed by atoms with Crippen LogP contribution in [-0.2, 0) is 0 Å². The molecule has 136 valence electrons. The van der Waals surface area contributed by atoms with Crippen molar-refractivity contribution < 1.29 is 18.4 Å². The molecule has 7 heteroatoms. The van der Waals surface area contributed by atoms with Crippen molar-refractivity contribution >= 4 is 33.7 Å². The van der Waals surface area contributed by atoms with E-state index in [9.17, 15) is 14.0 Å². The van der Waals surface area contributed by atoms with Crippen LogP contribution in [0.3, 0.4) is 0 Å². The van der Waals surface area contributed by atoms with Gasteiger partial charge in [-0.3, -0.25) is 20.4 Å². The van der Waals surface area contributed by atoms with Crippen LogP contribution in [0.5, 0.6) is 0 Å². The third-order valence-corrected chi connectivity index (χ3v) is 4.49. The summed E-state index contributed by atoms with van der Waals surface area (Å²) in [6.07, 6.45) is 0. The predicted molar refractivity (Wildman–Crippen MR) is 98.9 cm³/mol. The van der Waals surface area contributed by atoms with Gasteiger partial charge in [0, 0.05) is 21.9 Å². The highest BCUT2D eigenvalue weighted by Gasteiger charge is 2.19. The van der Waals surface area contributed by atoms with Gasteiger partial charge in [-0.1, -0.05) is 18.2 Å². The first kappa shape index (κ1) is 16.8. The molecular formula is C20H16FN3O3. The number of hydrogen-bond donors (Lipinski definition) is 3. The Kier molecular flexibility index (Phi) is 3.92. The number of carbonyl (C=O) groups excluding carboxylic acids is 2. The van der Waals surface area contributed by atoms with Gasteiger partial charge in [-0.05, 0) is 43.7 Å². The van der Waals surface area contributed by atoms with Crippen LogP contribution in [0.4, 0.5) is 4.39 Å². The summed E-state index contributed by atoms with van der Waals surface area (Å²) < 4.78 is 19.0. The lowest BCUT2D eigenvalue weighted by molar-refractivity contribution is 0.0829. The maximum atomic E-state index is 13.5. The first-order valence-electron chi connectivity index (χ1n) is 8.31. The molecule has 2 aromatic heterocycles. The van der Waals surface area contributed by atoms with E-state index in [2.05, 4.69) is 15.8 Å². The zero-order chi connectivity index (χ0) is 19.1. The second-order valence-electron chi connectivity index (χ2n) is 6.33. The molecule has 27 heavy (non-hydrogen) atoms. The zero-order valence-corrected chi connectivity index (χ0v) is 14.6. The van der Waals surface area contributed by atoms with Gasteiger partial charge in [0.25, 0.3) is 5.91 Å². The van der Waals surface area contributed by atoms with Crippen LogP contribution in [0.2, 0.25) is 0 Å². The number of H-pyrrole nitrogens is 1. The first-order chi connectivity index (χ1) is 12.9. The Morgan fingerprint density at radius 1 is 1.00 bits per heavy atom. The van der Waals surface area contributed by atoms with Gasteiger partial charge in [-0.25, -0.2) is 4.39 Å². The molecule has 4 aromatic rings. The van der Waals surface area contributed by atoms with E-state index in [-0.39, 0.29) is 17.3 Å². The van der Waals surface area contributed by atoms with Crippen LogP contribution >= 0.6 is 0 Å². The minimum absolute atomic E-state index is 0.131. The summed E-state index contributed by atoms with van der Waals surface area (Å²) in [7, 11) is 0. The summed E-state index contributed by atoms with van der Waals surface area (Å²) in [4.78, 5) is 27.5. The summed E-state index contributed by atoms with van der Waals surface area (Å²) >= 11 is 0. The number of benzene rings is 2. The van der Waals surface area contributed by atoms with Crippen molar-refractivity contribution in [3.05, 3.63) is 70.9 Å². The normalized spacial score (nSPS) is 11.1. The lowest BCUT2D eigenvalue weighted by atomic mass is 10.1. The van der Waals surface area contributed by atoms with Crippen molar-refractivity contribution in [2.24, 2.45) is 0 Å². The average molecular weight is 365 g/mol. The summed E-state index contributed by atoms with van der Waals surface area (Å²) in [5.41, 5.74) is 7.40. The number of halogens is 1. The summed E-state index contributed by atoms with van der Waals surface area (Å²) in [5.74, 6) is -1.36. The fourth-order valence-electron chi connectivity index (χ4n) is 3.13. The van der Waals surface area contributed by atoms with Crippen LogP contribution in [-0.4, -0.2) is 16.8 Å². The maximum Gasteiger partial charge on any atom is 0.305 e. The molecule has 0 bridgehead atoms. The number of nitrogens with one attached hydrogen (secondary N) is 3. The number of carbonyl (C=O) groups is 2. The number of hydrogen-bond acceptors (Lipinski definition) is 3. The number of furan rings is 1. The highest BCUT2D eigenvalue weighted by molar-refractivity contribution is 6.02. The SMILES string of the molecule is Cc1cc(F)cc2[nH]c(C(=O)NNC(=O)c3oc4ccccc4c3C)cc12. The molecule has 3 N–H and O–H groups in total. The van der Waals surface area contributed by atoms with E-state index in [1.165, 1.54) is 12.1 Å². The van der Waals surface area contributed by atoms with E-state index in [0.717, 1.165) is 10.8 Å². The van der Waals surface area contributed by atoms with Crippen molar-refractivity contribution in [1.29, 1.82) is 0 Å². The molecule has 0 saturated carbocycles. The second kappa shape index (κ2) is 6.28. The van der Waals surface area contributed by atoms with Gasteiger partial charge in [0.15, 0.2) is 5.76 Å². The van der Waals surface area contributed by atoms with Gasteiger partial charge in [-0.2, -0.15) is 0 Å². The Morgan fingerprint density at radius 2 is 1.74 bits per heavy atom. The Balaban J connectivity index is 1.52. The Labute approximate surface area is 153 Å². The molecule has 0 spiro atoms. The number of aromatic nitrogens is 1. The zero-order valence-electron chi connectivity index (χ0n) is 14.6. The molecule has 2 amide bonds. The number of hydrazine groups is 1. The summed E-state index contributed by atoms with van der Waals surface area (Å²) in [5, 5.41) is 1.57. The van der Waals surface area contributed by atoms with E-state index >= 15 is 0 Å². The van der Waals surface area contributed by atoms with Crippen LogP contribution in [0.25, 0.3) is 21.9 Å². The smallest absolute Gasteiger partial charge is 0.305 e. The highest BCUT2D eigenvalue weighted by atomic mass is 19.1. The van der Waals surface area contributed by atoms with Crippen LogP contribution in [0, 0.1) is 19.7 Å². The standard InChI is InChI=1S/C20H16FN3O3/c1-10-7-12(21)8-15-14(10)9-16(22-15)19(25)23-24-20(26)18-11(2)13-5-3-4-6-17(13)27-18/h3-9,22H,1-2H3,(H,23,25)(H,24,26). The molecule has 0 saturated heterocycles. The molecule has 6 nitrogen and oxygen atoms in total. The molecule has 2 aromatic carbocycles. The average Bonchev–Trinajstić information content (AvgIpc) is 3.21. The second-order valence-corrected chi connectivity index (χ2v) is 6.33. The minimum Gasteiger partial charge on any atom is -0.451 e. The molecular weight excluding hydrogens is 349 g/mol. The van der Waals surface area contributed by atoms with E-state index in [0.29, 0.717) is 22.2 Å². The van der Waals surface area contributed by atoms with Gasteiger partial charge in [-0.15, -0.1) is 0 Å². The first-order valence-corrected chi connectivity index (χ1v) is 8.31. The highest BCUT2D eigenvalue weighted by Crippen LogP contribution is 2.24. The molecule has 0 unspecified atom stereocenters. The molecule has 0 radical (unpaired) electrons. The Bertz CT molecular complexity index is 1210. The minimum atomic E-state index is -0.560. The molecule has 0 aliphatic carbocycles. The number of aryl methyl sites for hydroxylation is 2. The van der Waals surface area contributed by atoms with Crippen LogP contribution in [0.15, 0.2) is 46.9 Å². The number of aromatic amines is 1. The molecule has 2 heterocycles. The largest absolute Gasteiger partial charge is 0.451 e. The van der Waals surface area contributed by atoms with Crippen molar-refractivity contribution in [3.63, 3.8) is 0 Å². The summed E-state index contributed by atoms with van der Waals surface area (Å²) in [6, 6.07) is 11.6. The van der Waals surface area contributed by atoms with Crippen molar-refractivity contribution in [2.75, 3.05) is 0 Å². The van der Waals surface area contributed by atoms with Gasteiger partial charge in [0.05, 0.1) is 0 Å². The third kappa shape index (κ3) is 2.93. The molecule has 0 fully saturated rings. The number of fused-ring (bicyclic) bond motifs is 2. The summed E-state index contributed by atoms with van der Waals surface area (Å²) in [6.45, 7) is 3.53. The number of rotatable bonds is 2. The van der Waals surface area contributed by atoms with Gasteiger partial charge in [0.2, 0.25) is 0 Å². The van der Waals surface area contributed by atoms with Crippen LogP contribution < -0.4 is 10.9 Å². The van der Waals surface area contributed by atoms with Gasteiger partial charge < -0.3 is 9.40 Å². The molecule has 0 atom stereocenters. The quantitative estimate of drug-likeness (QED) is 0.473. The van der Waals surface area contributed by atoms with Crippen molar-refractivity contribution in [1.82, 2.24) is 15.8 Å². The van der Waals surface area contributed by atoms with E-state index in [4.69, 9.17) is 4.42 Å². The maximum absolute atomic E-state index is 13.5. The molecule has 0 aliphatic rings. The lowest BCUT2D eigenvalue weighted by Crippen LogP contribution is -2.41. The topological polar surface area (TPSA) is 87.1 Å². The Hall–Kier alpha value is -3.61. The van der Waals surface area contributed by atoms with E-state index in [1.807, 2.05) is 18.2 Å². The monoisotopic (exact) mass is 365 g/mol. The van der Waals surface area contributed by atoms with Gasteiger partial charge >= 0.3 is 5.91 Å². The van der Waals surface area contributed by atoms with E-state index in [1.54, 1.807) is 26.0 Å². The van der Waals surface area contributed by atoms with Crippen molar-refractivity contribution in [2.45, 2.75) is 13.8 Å². The predicted octanol–water partition coefficient (Wildman–Crippen LogP) is 3.74. The number of amides is 2. The van der Waals surface area contributed by atoms with Gasteiger partial charge in [0.1, 0.15) is 17.1 Å². The van der Waals surface area contributed by atoms with E-state index < -0.39 is 11.8 Å². The fraction of sp³-hybridized carbons (Fsp3) is 0.100. The number of para-hydroxylation sites is 1. The van der Waals surface area contributed by atoms with Crippen molar-refractivity contribution in [3.8, 4) is 0 Å². The lowest BCUT2D eigenvalue weighted by Gasteiger charge is -2.05. The fourth-order valence-corrected chi connectivity index (χ4v) is 3.13.